The van der Waals surface area contributed by atoms with Gasteiger partial charge in [-0.1, -0.05) is 64.7 Å². The zero-order chi connectivity index (χ0) is 13.1. The third kappa shape index (κ3) is 9.10. The summed E-state index contributed by atoms with van der Waals surface area (Å²) >= 11 is 0. The van der Waals surface area contributed by atoms with Crippen LogP contribution in [-0.4, -0.2) is 4.98 Å². The average molecular weight is 287 g/mol. The number of unbranched alkanes of at least 4 members (excludes halogenated alkanes) is 9. The maximum atomic E-state index is 3.30. The first-order chi connectivity index (χ1) is 8.84. The smallest absolute Gasteiger partial charge is 0.253 e. The summed E-state index contributed by atoms with van der Waals surface area (Å²) < 4.78 is 2.19. The molecule has 0 aliphatic heterocycles. The first-order valence-electron chi connectivity index (χ1n) is 7.86. The van der Waals surface area contributed by atoms with E-state index >= 15 is 0 Å². The van der Waals surface area contributed by atoms with E-state index in [2.05, 4.69) is 29.7 Å². The highest BCUT2D eigenvalue weighted by Crippen LogP contribution is 2.11. The molecule has 1 heterocycles. The molecule has 0 unspecified atom stereocenters. The molecular formula is C16H31ClN2. The van der Waals surface area contributed by atoms with Crippen molar-refractivity contribution >= 4 is 0 Å². The fourth-order valence-electron chi connectivity index (χ4n) is 2.47. The number of hydrogen-bond donors (Lipinski definition) is 1. The van der Waals surface area contributed by atoms with Gasteiger partial charge in [-0.2, -0.15) is 0 Å². The lowest BCUT2D eigenvalue weighted by atomic mass is 10.1. The molecule has 1 N–H and O–H groups in total. The molecule has 0 bridgehead atoms. The normalized spacial score (nSPS) is 10.4. The van der Waals surface area contributed by atoms with Crippen molar-refractivity contribution in [1.29, 1.82) is 0 Å². The number of nitrogens with zero attached hydrogens (tertiary/aromatic N) is 1. The molecule has 0 aliphatic carbocycles. The van der Waals surface area contributed by atoms with Crippen molar-refractivity contribution in [3.05, 3.63) is 18.2 Å². The summed E-state index contributed by atoms with van der Waals surface area (Å²) in [7, 11) is 2.11. The molecule has 0 aromatic carbocycles. The number of aromatic nitrogens is 2. The van der Waals surface area contributed by atoms with Gasteiger partial charge in [0.25, 0.3) is 5.82 Å². The minimum atomic E-state index is 0. The van der Waals surface area contributed by atoms with E-state index in [4.69, 9.17) is 0 Å². The van der Waals surface area contributed by atoms with Gasteiger partial charge in [0.05, 0.1) is 7.05 Å². The van der Waals surface area contributed by atoms with Crippen LogP contribution in [0.1, 0.15) is 77.0 Å². The molecule has 1 rings (SSSR count). The Morgan fingerprint density at radius 1 is 0.895 bits per heavy atom. The molecule has 0 aliphatic rings. The number of halogens is 1. The molecule has 0 fully saturated rings. The fraction of sp³-hybridized carbons (Fsp3) is 0.812. The van der Waals surface area contributed by atoms with E-state index in [0.717, 1.165) is 0 Å². The number of H-pyrrole nitrogens is 1. The van der Waals surface area contributed by atoms with E-state index in [-0.39, 0.29) is 12.4 Å². The van der Waals surface area contributed by atoms with Crippen molar-refractivity contribution in [2.24, 2.45) is 7.05 Å². The quantitative estimate of drug-likeness (QED) is 0.467. The highest BCUT2D eigenvalue weighted by molar-refractivity contribution is 4.76. The topological polar surface area (TPSA) is 19.7 Å². The van der Waals surface area contributed by atoms with Crippen LogP contribution in [-0.2, 0) is 13.5 Å². The van der Waals surface area contributed by atoms with Gasteiger partial charge in [-0.3, -0.25) is 0 Å². The van der Waals surface area contributed by atoms with Crippen LogP contribution in [0.3, 0.4) is 0 Å². The molecule has 0 amide bonds. The zero-order valence-corrected chi connectivity index (χ0v) is 13.5. The Morgan fingerprint density at radius 2 is 1.42 bits per heavy atom. The zero-order valence-electron chi connectivity index (χ0n) is 12.8. The van der Waals surface area contributed by atoms with Crippen molar-refractivity contribution < 1.29 is 17.0 Å². The van der Waals surface area contributed by atoms with Crippen LogP contribution in [0.4, 0.5) is 0 Å². The van der Waals surface area contributed by atoms with Crippen LogP contribution < -0.4 is 17.0 Å². The van der Waals surface area contributed by atoms with E-state index < -0.39 is 0 Å². The van der Waals surface area contributed by atoms with Crippen molar-refractivity contribution in [2.75, 3.05) is 0 Å². The van der Waals surface area contributed by atoms with Crippen LogP contribution in [0.15, 0.2) is 12.4 Å². The van der Waals surface area contributed by atoms with E-state index in [9.17, 15) is 0 Å². The van der Waals surface area contributed by atoms with Crippen LogP contribution >= 0.6 is 0 Å². The van der Waals surface area contributed by atoms with E-state index in [1.165, 1.54) is 76.5 Å². The summed E-state index contributed by atoms with van der Waals surface area (Å²) in [6.07, 6.45) is 19.4. The van der Waals surface area contributed by atoms with Crippen LogP contribution in [0.25, 0.3) is 0 Å². The first kappa shape index (κ1) is 18.5. The number of aryl methyl sites for hydroxylation is 2. The number of aromatic amines is 1. The molecule has 1 aromatic rings. The Hall–Kier alpha value is -0.500. The highest BCUT2D eigenvalue weighted by Gasteiger charge is 2.04. The van der Waals surface area contributed by atoms with Gasteiger partial charge in [0.15, 0.2) is 0 Å². The lowest BCUT2D eigenvalue weighted by Crippen LogP contribution is -3.00. The lowest BCUT2D eigenvalue weighted by molar-refractivity contribution is -0.677. The van der Waals surface area contributed by atoms with Crippen molar-refractivity contribution in [1.82, 2.24) is 4.98 Å². The number of hydrogen-bond acceptors (Lipinski definition) is 0. The Kier molecular flexibility index (Phi) is 12.2. The molecule has 1 aromatic heterocycles. The number of imidazole rings is 1. The third-order valence-electron chi connectivity index (χ3n) is 3.74. The SMILES string of the molecule is CCCCCCCCCCCCc1[nH]cc[n+]1C.[Cl-]. The average Bonchev–Trinajstić information content (AvgIpc) is 2.77. The second-order valence-corrected chi connectivity index (χ2v) is 5.45. The van der Waals surface area contributed by atoms with Crippen LogP contribution in [0, 0.1) is 0 Å². The molecular weight excluding hydrogens is 256 g/mol. The van der Waals surface area contributed by atoms with E-state index in [1.807, 2.05) is 6.20 Å². The minimum absolute atomic E-state index is 0. The first-order valence-corrected chi connectivity index (χ1v) is 7.86. The monoisotopic (exact) mass is 286 g/mol. The highest BCUT2D eigenvalue weighted by atomic mass is 35.5. The molecule has 0 radical (unpaired) electrons. The van der Waals surface area contributed by atoms with Crippen molar-refractivity contribution in [3.8, 4) is 0 Å². The van der Waals surface area contributed by atoms with Crippen LogP contribution in [0.5, 0.6) is 0 Å². The Morgan fingerprint density at radius 3 is 1.89 bits per heavy atom. The van der Waals surface area contributed by atoms with Gasteiger partial charge >= 0.3 is 0 Å². The predicted molar refractivity (Wildman–Crippen MR) is 77.5 cm³/mol. The van der Waals surface area contributed by atoms with Crippen molar-refractivity contribution in [2.45, 2.75) is 77.6 Å². The maximum Gasteiger partial charge on any atom is 0.253 e. The van der Waals surface area contributed by atoms with Gasteiger partial charge in [0, 0.05) is 6.42 Å². The van der Waals surface area contributed by atoms with Gasteiger partial charge in [-0.15, -0.1) is 0 Å². The second-order valence-electron chi connectivity index (χ2n) is 5.45. The second kappa shape index (κ2) is 12.5. The summed E-state index contributed by atoms with van der Waals surface area (Å²) in [5.74, 6) is 1.36. The third-order valence-corrected chi connectivity index (χ3v) is 3.74. The molecule has 0 saturated heterocycles. The van der Waals surface area contributed by atoms with Crippen molar-refractivity contribution in [3.63, 3.8) is 0 Å². The maximum absolute atomic E-state index is 3.30. The largest absolute Gasteiger partial charge is 1.00 e. The summed E-state index contributed by atoms with van der Waals surface area (Å²) in [5.41, 5.74) is 0. The molecule has 0 saturated carbocycles. The summed E-state index contributed by atoms with van der Waals surface area (Å²) in [6, 6.07) is 0. The molecule has 3 heteroatoms. The van der Waals surface area contributed by atoms with Crippen LogP contribution in [0.2, 0.25) is 0 Å². The van der Waals surface area contributed by atoms with Gasteiger partial charge in [-0.25, -0.2) is 9.55 Å². The Balaban J connectivity index is 0.00000324. The summed E-state index contributed by atoms with van der Waals surface area (Å²) in [6.45, 7) is 2.28. The van der Waals surface area contributed by atoms with E-state index in [1.54, 1.807) is 0 Å². The predicted octanol–water partition coefficient (Wildman–Crippen LogP) is 1.31. The Labute approximate surface area is 125 Å². The Bertz CT molecular complexity index is 297. The molecule has 0 spiro atoms. The molecule has 0 atom stereocenters. The summed E-state index contributed by atoms with van der Waals surface area (Å²) in [4.78, 5) is 3.30. The molecule has 19 heavy (non-hydrogen) atoms. The molecule has 2 nitrogen and oxygen atoms in total. The fourth-order valence-corrected chi connectivity index (χ4v) is 2.47. The molecule has 112 valence electrons. The minimum Gasteiger partial charge on any atom is -1.00 e. The van der Waals surface area contributed by atoms with Gasteiger partial charge < -0.3 is 12.4 Å². The number of rotatable bonds is 11. The lowest BCUT2D eigenvalue weighted by Gasteiger charge is -2.01. The van der Waals surface area contributed by atoms with Gasteiger partial charge in [-0.05, 0) is 6.42 Å². The van der Waals surface area contributed by atoms with Gasteiger partial charge in [0.2, 0.25) is 0 Å². The standard InChI is InChI=1S/C16H30N2.ClH/c1-3-4-5-6-7-8-9-10-11-12-13-16-17-14-15-18(16)2;/h14-15H,3-13H2,1-2H3;1H. The summed E-state index contributed by atoms with van der Waals surface area (Å²) in [5, 5.41) is 0. The number of nitrogens with one attached hydrogen (secondary N) is 1. The van der Waals surface area contributed by atoms with Gasteiger partial charge in [0.1, 0.15) is 12.4 Å². The van der Waals surface area contributed by atoms with E-state index in [0.29, 0.717) is 0 Å².